The lowest BCUT2D eigenvalue weighted by Gasteiger charge is -2.58. The van der Waals surface area contributed by atoms with Crippen molar-refractivity contribution in [2.75, 3.05) is 37.9 Å². The second-order valence-corrected chi connectivity index (χ2v) is 18.0. The lowest BCUT2D eigenvalue weighted by molar-refractivity contribution is -0.223. The number of fused-ring (bicyclic) bond motifs is 2. The third kappa shape index (κ3) is 10.8. The third-order valence-electron chi connectivity index (χ3n) is 11.7. The Labute approximate surface area is 358 Å². The summed E-state index contributed by atoms with van der Waals surface area (Å²) < 4.78 is 21.0. The molecule has 10 heteroatoms. The molecule has 2 heterocycles. The molecule has 1 saturated carbocycles. The van der Waals surface area contributed by atoms with Gasteiger partial charge in [0.15, 0.2) is 0 Å². The molecule has 1 fully saturated rings. The van der Waals surface area contributed by atoms with Crippen LogP contribution in [-0.2, 0) is 22.6 Å². The van der Waals surface area contributed by atoms with Gasteiger partial charge in [-0.15, -0.1) is 18.3 Å². The topological polar surface area (TPSA) is 103 Å². The standard InChI is InChI=1S/C49H58N2O6S2/c1-2-28-55-49-46(59-30-23-36-21-24-50-25-22-36)34-44(51-56-35-37-13-5-3-6-14-37)42-32-38(15-9-11-26-52)41(18-10-12-27-53)47(48(42)49)43-33-39(19-20-45(43)57-49)54-29-31-58-40-16-7-4-8-17-40/h2-8,13-14,16-17,19-22,24-25,32-33,38,41,46-48,52-53H,1,9-12,15,18,23,26-31,34-35H2/t38-,41+,46-,47+,48+,49+/m0/s1. The molecule has 1 aliphatic heterocycles. The molecule has 0 amide bonds. The Morgan fingerprint density at radius 1 is 0.881 bits per heavy atom. The van der Waals surface area contributed by atoms with E-state index in [4.69, 9.17) is 24.2 Å². The number of aliphatic hydroxyl groups is 2. The van der Waals surface area contributed by atoms with Crippen molar-refractivity contribution < 1.29 is 29.3 Å². The first kappa shape index (κ1) is 43.0. The number of ether oxygens (including phenoxy) is 3. The van der Waals surface area contributed by atoms with Crippen LogP contribution in [0.3, 0.4) is 0 Å². The number of aliphatic hydroxyl groups excluding tert-OH is 2. The number of unbranched alkanes of at least 4 members (excludes halogenated alkanes) is 2. The Balaban J connectivity index is 1.30. The molecule has 2 N–H and O–H groups in total. The highest BCUT2D eigenvalue weighted by molar-refractivity contribution is 8.00. The van der Waals surface area contributed by atoms with Gasteiger partial charge in [0.2, 0.25) is 5.79 Å². The number of aromatic nitrogens is 1. The van der Waals surface area contributed by atoms with Gasteiger partial charge >= 0.3 is 0 Å². The molecule has 3 aliphatic rings. The Hall–Kier alpha value is -4.06. The first-order chi connectivity index (χ1) is 29.1. The molecule has 1 aromatic heterocycles. The molecule has 0 saturated heterocycles. The van der Waals surface area contributed by atoms with Crippen molar-refractivity contribution in [3.05, 3.63) is 144 Å². The van der Waals surface area contributed by atoms with Crippen LogP contribution in [0, 0.1) is 17.8 Å². The van der Waals surface area contributed by atoms with Gasteiger partial charge in [0.1, 0.15) is 18.1 Å². The van der Waals surface area contributed by atoms with Crippen molar-refractivity contribution in [1.29, 1.82) is 0 Å². The lowest BCUT2D eigenvalue weighted by atomic mass is 9.56. The van der Waals surface area contributed by atoms with Crippen LogP contribution >= 0.6 is 23.5 Å². The molecule has 0 bridgehead atoms. The number of oxime groups is 1. The number of allylic oxidation sites excluding steroid dienone is 1. The van der Waals surface area contributed by atoms with Crippen LogP contribution < -0.4 is 9.47 Å². The molecule has 312 valence electrons. The molecule has 0 spiro atoms. The monoisotopic (exact) mass is 834 g/mol. The van der Waals surface area contributed by atoms with Crippen molar-refractivity contribution >= 4 is 29.2 Å². The van der Waals surface area contributed by atoms with Gasteiger partial charge < -0.3 is 29.3 Å². The largest absolute Gasteiger partial charge is 0.493 e. The number of hydrogen-bond donors (Lipinski definition) is 2. The summed E-state index contributed by atoms with van der Waals surface area (Å²) in [6.07, 6.45) is 14.6. The molecule has 7 rings (SSSR count). The van der Waals surface area contributed by atoms with E-state index in [9.17, 15) is 10.2 Å². The van der Waals surface area contributed by atoms with Gasteiger partial charge in [0.25, 0.3) is 0 Å². The summed E-state index contributed by atoms with van der Waals surface area (Å²) in [5.74, 6) is 2.55. The molecular formula is C49H58N2O6S2. The van der Waals surface area contributed by atoms with Crippen LogP contribution in [0.4, 0.5) is 0 Å². The Bertz CT molecular complexity index is 1970. The van der Waals surface area contributed by atoms with E-state index >= 15 is 0 Å². The van der Waals surface area contributed by atoms with Crippen LogP contribution in [0.1, 0.15) is 67.6 Å². The summed E-state index contributed by atoms with van der Waals surface area (Å²) in [5, 5.41) is 24.7. The first-order valence-electron chi connectivity index (χ1n) is 21.2. The van der Waals surface area contributed by atoms with Crippen molar-refractivity contribution in [3.63, 3.8) is 0 Å². The molecule has 0 unspecified atom stereocenters. The average Bonchev–Trinajstić information content (AvgIpc) is 3.27. The first-order valence-corrected chi connectivity index (χ1v) is 23.2. The maximum absolute atomic E-state index is 9.96. The molecule has 2 aliphatic carbocycles. The van der Waals surface area contributed by atoms with E-state index in [1.807, 2.05) is 60.6 Å². The average molecular weight is 835 g/mol. The molecule has 4 aromatic rings. The van der Waals surface area contributed by atoms with Gasteiger partial charge in [0.05, 0.1) is 30.1 Å². The van der Waals surface area contributed by atoms with E-state index in [-0.39, 0.29) is 42.1 Å². The highest BCUT2D eigenvalue weighted by Crippen LogP contribution is 2.62. The maximum Gasteiger partial charge on any atom is 0.230 e. The van der Waals surface area contributed by atoms with Gasteiger partial charge in [-0.05, 0) is 109 Å². The van der Waals surface area contributed by atoms with Crippen molar-refractivity contribution in [3.8, 4) is 11.5 Å². The fourth-order valence-corrected chi connectivity index (χ4v) is 11.2. The fourth-order valence-electron chi connectivity index (χ4n) is 9.03. The van der Waals surface area contributed by atoms with Gasteiger partial charge in [-0.25, -0.2) is 0 Å². The predicted octanol–water partition coefficient (Wildman–Crippen LogP) is 10.1. The Kier molecular flexibility index (Phi) is 16.0. The predicted molar refractivity (Wildman–Crippen MR) is 239 cm³/mol. The number of pyridine rings is 1. The fraction of sp³-hybridized carbons (Fsp3) is 0.429. The molecule has 0 radical (unpaired) electrons. The van der Waals surface area contributed by atoms with E-state index in [2.05, 4.69) is 78.3 Å². The van der Waals surface area contributed by atoms with Crippen LogP contribution in [0.5, 0.6) is 11.5 Å². The highest BCUT2D eigenvalue weighted by atomic mass is 32.2. The zero-order valence-electron chi connectivity index (χ0n) is 33.9. The van der Waals surface area contributed by atoms with E-state index in [0.29, 0.717) is 26.2 Å². The summed E-state index contributed by atoms with van der Waals surface area (Å²) in [4.78, 5) is 11.7. The zero-order chi connectivity index (χ0) is 40.7. The number of thioether (sulfide) groups is 2. The summed E-state index contributed by atoms with van der Waals surface area (Å²) in [5.41, 5.74) is 5.49. The number of hydrogen-bond acceptors (Lipinski definition) is 10. The number of nitrogens with zero attached hydrogens (tertiary/aromatic N) is 2. The van der Waals surface area contributed by atoms with Gasteiger partial charge in [-0.1, -0.05) is 78.7 Å². The second kappa shape index (κ2) is 22.0. The zero-order valence-corrected chi connectivity index (χ0v) is 35.5. The third-order valence-corrected chi connectivity index (χ3v) is 14.0. The Morgan fingerprint density at radius 2 is 1.64 bits per heavy atom. The minimum absolute atomic E-state index is 0.00606. The quantitative estimate of drug-likeness (QED) is 0.0327. The Morgan fingerprint density at radius 3 is 2.41 bits per heavy atom. The van der Waals surface area contributed by atoms with Gasteiger partial charge in [-0.2, -0.15) is 11.8 Å². The molecule has 8 nitrogen and oxygen atoms in total. The van der Waals surface area contributed by atoms with E-state index in [1.165, 1.54) is 10.5 Å². The molecular weight excluding hydrogens is 777 g/mol. The van der Waals surface area contributed by atoms with E-state index in [1.54, 1.807) is 11.8 Å². The smallest absolute Gasteiger partial charge is 0.230 e. The SMILES string of the molecule is C=CCO[C@@]12Oc3ccc(OCCSc4ccccc4)cc3[C@H]3[C@H](CCCCO)[C@@H](CCCCO)C=C(C(=NOCc4ccccc4)C[C@@H]1SCCc1ccncc1)[C@H]32. The van der Waals surface area contributed by atoms with Crippen LogP contribution in [0.15, 0.2) is 138 Å². The second-order valence-electron chi connectivity index (χ2n) is 15.5. The van der Waals surface area contributed by atoms with E-state index < -0.39 is 5.79 Å². The minimum atomic E-state index is -1.01. The number of rotatable bonds is 23. The van der Waals surface area contributed by atoms with Crippen LogP contribution in [0.2, 0.25) is 0 Å². The van der Waals surface area contributed by atoms with Gasteiger partial charge in [-0.3, -0.25) is 4.98 Å². The summed E-state index contributed by atoms with van der Waals surface area (Å²) in [6, 6.07) is 31.1. The molecule has 3 aromatic carbocycles. The maximum atomic E-state index is 9.96. The number of benzene rings is 3. The molecule has 59 heavy (non-hydrogen) atoms. The van der Waals surface area contributed by atoms with Crippen molar-refractivity contribution in [2.24, 2.45) is 22.9 Å². The lowest BCUT2D eigenvalue weighted by Crippen LogP contribution is -2.64. The van der Waals surface area contributed by atoms with Crippen molar-refractivity contribution in [2.45, 2.75) is 79.8 Å². The normalized spacial score (nSPS) is 23.7. The number of aryl methyl sites for hydroxylation is 1. The van der Waals surface area contributed by atoms with Gasteiger partial charge in [0, 0.05) is 54.2 Å². The highest BCUT2D eigenvalue weighted by Gasteiger charge is 2.64. The minimum Gasteiger partial charge on any atom is -0.493 e. The van der Waals surface area contributed by atoms with Crippen LogP contribution in [0.25, 0.3) is 0 Å². The van der Waals surface area contributed by atoms with Crippen LogP contribution in [-0.4, -0.2) is 69.9 Å². The summed E-state index contributed by atoms with van der Waals surface area (Å²) >= 11 is 3.66. The summed E-state index contributed by atoms with van der Waals surface area (Å²) in [7, 11) is 0. The molecule has 6 atom stereocenters. The summed E-state index contributed by atoms with van der Waals surface area (Å²) in [6.45, 7) is 5.68. The van der Waals surface area contributed by atoms with E-state index in [0.717, 1.165) is 90.4 Å². The van der Waals surface area contributed by atoms with Crippen molar-refractivity contribution in [1.82, 2.24) is 4.98 Å².